The minimum absolute atomic E-state index is 0.519. The van der Waals surface area contributed by atoms with Crippen LogP contribution in [0.25, 0.3) is 0 Å². The molecular weight excluding hydrogens is 180 g/mol. The monoisotopic (exact) mass is 202 g/mol. The summed E-state index contributed by atoms with van der Waals surface area (Å²) in [6, 6.07) is 0.519. The van der Waals surface area contributed by atoms with E-state index in [2.05, 4.69) is 31.0 Å². The van der Waals surface area contributed by atoms with E-state index in [1.807, 2.05) is 0 Å². The topological polar surface area (TPSA) is 38.0 Å². The van der Waals surface area contributed by atoms with E-state index in [1.165, 1.54) is 31.4 Å². The molecule has 13 heavy (non-hydrogen) atoms. The summed E-state index contributed by atoms with van der Waals surface area (Å²) in [5.41, 5.74) is 2.98. The van der Waals surface area contributed by atoms with Crippen LogP contribution in [0.15, 0.2) is 0 Å². The number of hydrogen-bond acceptors (Lipinski definition) is 3. The molecule has 1 aliphatic rings. The smallest absolute Gasteiger partial charge is 0.0331 e. The number of hydrogen-bond donors (Lipinski definition) is 2. The van der Waals surface area contributed by atoms with E-state index in [1.54, 1.807) is 0 Å². The predicted molar refractivity (Wildman–Crippen MR) is 60.7 cm³/mol. The second kappa shape index (κ2) is 5.89. The van der Waals surface area contributed by atoms with E-state index in [4.69, 9.17) is 5.84 Å². The maximum atomic E-state index is 5.59. The van der Waals surface area contributed by atoms with Crippen molar-refractivity contribution in [2.24, 2.45) is 11.8 Å². The Hall–Kier alpha value is 0.270. The van der Waals surface area contributed by atoms with E-state index in [-0.39, 0.29) is 0 Å². The Balaban J connectivity index is 2.34. The molecule has 1 fully saturated rings. The molecule has 1 aliphatic heterocycles. The Morgan fingerprint density at radius 1 is 1.46 bits per heavy atom. The number of nitrogens with two attached hydrogens (primary N) is 1. The molecule has 0 radical (unpaired) electrons. The lowest BCUT2D eigenvalue weighted by molar-refractivity contribution is 0.397. The van der Waals surface area contributed by atoms with E-state index < -0.39 is 0 Å². The Bertz CT molecular complexity index is 133. The molecule has 2 nitrogen and oxygen atoms in total. The molecule has 3 N–H and O–H groups in total. The molecule has 0 aromatic rings. The molecule has 0 spiro atoms. The molecule has 0 saturated carbocycles. The van der Waals surface area contributed by atoms with Crippen molar-refractivity contribution in [1.29, 1.82) is 0 Å². The lowest BCUT2D eigenvalue weighted by Gasteiger charge is -2.30. The van der Waals surface area contributed by atoms with Crippen LogP contribution >= 0.6 is 11.8 Å². The first-order valence-corrected chi connectivity index (χ1v) is 6.36. The van der Waals surface area contributed by atoms with Crippen molar-refractivity contribution in [2.45, 2.75) is 50.8 Å². The fraction of sp³-hybridized carbons (Fsp3) is 1.00. The summed E-state index contributed by atoms with van der Waals surface area (Å²) in [5, 5.41) is 0.751. The molecule has 1 saturated heterocycles. The zero-order valence-corrected chi connectivity index (χ0v) is 9.57. The summed E-state index contributed by atoms with van der Waals surface area (Å²) in [5.74, 6) is 7.65. The van der Waals surface area contributed by atoms with Gasteiger partial charge in [-0.05, 0) is 30.9 Å². The van der Waals surface area contributed by atoms with Crippen molar-refractivity contribution in [3.63, 3.8) is 0 Å². The quantitative estimate of drug-likeness (QED) is 0.542. The summed E-state index contributed by atoms with van der Waals surface area (Å²) in [6.45, 7) is 4.52. The van der Waals surface area contributed by atoms with Crippen molar-refractivity contribution in [3.05, 3.63) is 0 Å². The first-order chi connectivity index (χ1) is 6.24. The molecule has 2 atom stereocenters. The van der Waals surface area contributed by atoms with Crippen molar-refractivity contribution in [2.75, 3.05) is 5.75 Å². The number of rotatable bonds is 4. The average Bonchev–Trinajstić information content (AvgIpc) is 2.15. The van der Waals surface area contributed by atoms with Gasteiger partial charge in [-0.2, -0.15) is 11.8 Å². The fourth-order valence-corrected chi connectivity index (χ4v) is 3.35. The molecule has 1 rings (SSSR count). The Morgan fingerprint density at radius 3 is 2.69 bits per heavy atom. The van der Waals surface area contributed by atoms with Gasteiger partial charge in [0.2, 0.25) is 0 Å². The van der Waals surface area contributed by atoms with Crippen molar-refractivity contribution >= 4 is 11.8 Å². The largest absolute Gasteiger partial charge is 0.271 e. The SMILES string of the molecule is CC(C)CC(NN)C1CCCCS1. The summed E-state index contributed by atoms with van der Waals surface area (Å²) in [6.07, 6.45) is 5.31. The van der Waals surface area contributed by atoms with Crippen LogP contribution in [0.5, 0.6) is 0 Å². The zero-order chi connectivity index (χ0) is 9.68. The second-order valence-corrected chi connectivity index (χ2v) is 5.65. The van der Waals surface area contributed by atoms with Crippen LogP contribution in [0.1, 0.15) is 39.5 Å². The predicted octanol–water partition coefficient (Wildman–Crippen LogP) is 2.15. The van der Waals surface area contributed by atoms with Crippen LogP contribution in [0.4, 0.5) is 0 Å². The van der Waals surface area contributed by atoms with Gasteiger partial charge in [-0.1, -0.05) is 20.3 Å². The van der Waals surface area contributed by atoms with Crippen LogP contribution in [-0.2, 0) is 0 Å². The molecule has 0 aromatic carbocycles. The molecule has 0 aromatic heterocycles. The fourth-order valence-electron chi connectivity index (χ4n) is 1.92. The van der Waals surface area contributed by atoms with Crippen LogP contribution < -0.4 is 11.3 Å². The van der Waals surface area contributed by atoms with Gasteiger partial charge in [-0.15, -0.1) is 0 Å². The number of nitrogens with one attached hydrogen (secondary N) is 1. The summed E-state index contributed by atoms with van der Waals surface area (Å²) in [4.78, 5) is 0. The summed E-state index contributed by atoms with van der Waals surface area (Å²) in [7, 11) is 0. The minimum Gasteiger partial charge on any atom is -0.271 e. The first kappa shape index (κ1) is 11.3. The summed E-state index contributed by atoms with van der Waals surface area (Å²) < 4.78 is 0. The van der Waals surface area contributed by atoms with E-state index in [0.29, 0.717) is 6.04 Å². The maximum Gasteiger partial charge on any atom is 0.0331 e. The molecule has 2 unspecified atom stereocenters. The van der Waals surface area contributed by atoms with E-state index >= 15 is 0 Å². The van der Waals surface area contributed by atoms with Crippen LogP contribution in [-0.4, -0.2) is 17.0 Å². The summed E-state index contributed by atoms with van der Waals surface area (Å²) >= 11 is 2.10. The third-order valence-corrected chi connectivity index (χ3v) is 4.12. The highest BCUT2D eigenvalue weighted by atomic mass is 32.2. The van der Waals surface area contributed by atoms with E-state index in [0.717, 1.165) is 11.2 Å². The highest BCUT2D eigenvalue weighted by Gasteiger charge is 2.23. The minimum atomic E-state index is 0.519. The molecule has 78 valence electrons. The van der Waals surface area contributed by atoms with Gasteiger partial charge in [0.05, 0.1) is 0 Å². The van der Waals surface area contributed by atoms with Crippen LogP contribution in [0.2, 0.25) is 0 Å². The van der Waals surface area contributed by atoms with Gasteiger partial charge in [0.15, 0.2) is 0 Å². The molecular formula is C10H22N2S. The molecule has 1 heterocycles. The second-order valence-electron chi connectivity index (χ2n) is 4.31. The van der Waals surface area contributed by atoms with Gasteiger partial charge in [-0.3, -0.25) is 11.3 Å². The number of hydrazine groups is 1. The molecule has 0 amide bonds. The standard InChI is InChI=1S/C10H22N2S/c1-8(2)7-9(12-11)10-5-3-4-6-13-10/h8-10,12H,3-7,11H2,1-2H3. The Kier molecular flexibility index (Phi) is 5.14. The first-order valence-electron chi connectivity index (χ1n) is 5.31. The van der Waals surface area contributed by atoms with Gasteiger partial charge in [-0.25, -0.2) is 0 Å². The average molecular weight is 202 g/mol. The highest BCUT2D eigenvalue weighted by Crippen LogP contribution is 2.29. The molecule has 0 aliphatic carbocycles. The van der Waals surface area contributed by atoms with Crippen LogP contribution in [0.3, 0.4) is 0 Å². The van der Waals surface area contributed by atoms with Crippen molar-refractivity contribution in [3.8, 4) is 0 Å². The van der Waals surface area contributed by atoms with Gasteiger partial charge >= 0.3 is 0 Å². The van der Waals surface area contributed by atoms with Crippen molar-refractivity contribution in [1.82, 2.24) is 5.43 Å². The van der Waals surface area contributed by atoms with Gasteiger partial charge < -0.3 is 0 Å². The molecule has 3 heteroatoms. The lowest BCUT2D eigenvalue weighted by Crippen LogP contribution is -2.44. The van der Waals surface area contributed by atoms with Gasteiger partial charge in [0.25, 0.3) is 0 Å². The molecule has 0 bridgehead atoms. The zero-order valence-electron chi connectivity index (χ0n) is 8.75. The van der Waals surface area contributed by atoms with E-state index in [9.17, 15) is 0 Å². The third-order valence-electron chi connectivity index (χ3n) is 2.60. The number of thioether (sulfide) groups is 1. The normalized spacial score (nSPS) is 26.3. The highest BCUT2D eigenvalue weighted by molar-refractivity contribution is 8.00. The van der Waals surface area contributed by atoms with Gasteiger partial charge in [0, 0.05) is 11.3 Å². The third kappa shape index (κ3) is 3.88. The van der Waals surface area contributed by atoms with Crippen molar-refractivity contribution < 1.29 is 0 Å². The Labute approximate surface area is 86.0 Å². The van der Waals surface area contributed by atoms with Crippen LogP contribution in [0, 0.1) is 5.92 Å². The maximum absolute atomic E-state index is 5.59. The lowest BCUT2D eigenvalue weighted by atomic mass is 9.98. The Morgan fingerprint density at radius 2 is 2.23 bits per heavy atom. The van der Waals surface area contributed by atoms with Gasteiger partial charge in [0.1, 0.15) is 0 Å².